The van der Waals surface area contributed by atoms with Crippen LogP contribution >= 0.6 is 0 Å². The summed E-state index contributed by atoms with van der Waals surface area (Å²) in [4.78, 5) is 11.4. The summed E-state index contributed by atoms with van der Waals surface area (Å²) in [5.74, 6) is -0.995. The van der Waals surface area contributed by atoms with E-state index in [0.29, 0.717) is 12.4 Å². The molecule has 0 amide bonds. The van der Waals surface area contributed by atoms with E-state index in [1.54, 1.807) is 12.1 Å². The van der Waals surface area contributed by atoms with E-state index in [0.717, 1.165) is 12.8 Å². The van der Waals surface area contributed by atoms with Gasteiger partial charge in [0.1, 0.15) is 23.3 Å². The maximum Gasteiger partial charge on any atom is 0.382 e. The predicted octanol–water partition coefficient (Wildman–Crippen LogP) is 4.28. The van der Waals surface area contributed by atoms with Crippen LogP contribution in [0.25, 0.3) is 11.0 Å². The first-order valence-electron chi connectivity index (χ1n) is 7.79. The number of hydrogen-bond donors (Lipinski definition) is 2. The van der Waals surface area contributed by atoms with Crippen molar-refractivity contribution < 1.29 is 19.4 Å². The molecule has 0 fully saturated rings. The molecule has 5 heteroatoms. The molecule has 5 nitrogen and oxygen atoms in total. The summed E-state index contributed by atoms with van der Waals surface area (Å²) in [5, 5.41) is 19.7. The average Bonchev–Trinajstić information content (AvgIpc) is 2.52. The second-order valence-electron chi connectivity index (χ2n) is 5.90. The molecule has 0 aliphatic rings. The molecular formula is C19H22O5. The molecule has 1 heterocycles. The third-order valence-corrected chi connectivity index (χ3v) is 3.61. The molecule has 0 saturated carbocycles. The van der Waals surface area contributed by atoms with Gasteiger partial charge in [-0.05, 0) is 51.8 Å². The quantitative estimate of drug-likeness (QED) is 0.610. The van der Waals surface area contributed by atoms with Crippen LogP contribution < -0.4 is 10.4 Å². The minimum Gasteiger partial charge on any atom is -0.503 e. The number of benzene rings is 1. The van der Waals surface area contributed by atoms with Gasteiger partial charge in [-0.1, -0.05) is 23.3 Å². The van der Waals surface area contributed by atoms with Gasteiger partial charge in [0, 0.05) is 0 Å². The molecule has 2 rings (SSSR count). The second-order valence-corrected chi connectivity index (χ2v) is 5.90. The zero-order valence-corrected chi connectivity index (χ0v) is 14.1. The molecule has 0 unspecified atom stereocenters. The molecule has 1 aromatic heterocycles. The van der Waals surface area contributed by atoms with Crippen molar-refractivity contribution in [3.8, 4) is 17.2 Å². The van der Waals surface area contributed by atoms with Crippen molar-refractivity contribution in [3.05, 3.63) is 51.9 Å². The van der Waals surface area contributed by atoms with Crippen LogP contribution in [0.5, 0.6) is 17.2 Å². The molecule has 24 heavy (non-hydrogen) atoms. The third kappa shape index (κ3) is 4.19. The van der Waals surface area contributed by atoms with E-state index >= 15 is 0 Å². The second kappa shape index (κ2) is 7.73. The van der Waals surface area contributed by atoms with E-state index in [4.69, 9.17) is 9.15 Å². The molecule has 0 aliphatic carbocycles. The molecule has 0 bridgehead atoms. The fraction of sp³-hybridized carbons (Fsp3) is 0.316. The van der Waals surface area contributed by atoms with Crippen molar-refractivity contribution in [2.75, 3.05) is 6.61 Å². The van der Waals surface area contributed by atoms with E-state index in [1.165, 1.54) is 17.2 Å². The fourth-order valence-electron chi connectivity index (χ4n) is 2.28. The van der Waals surface area contributed by atoms with Gasteiger partial charge in [-0.15, -0.1) is 0 Å². The highest BCUT2D eigenvalue weighted by Crippen LogP contribution is 2.36. The number of rotatable bonds is 6. The lowest BCUT2D eigenvalue weighted by Crippen LogP contribution is -2.00. The minimum atomic E-state index is -0.979. The summed E-state index contributed by atoms with van der Waals surface area (Å²) in [6.45, 7) is 6.50. The van der Waals surface area contributed by atoms with Gasteiger partial charge >= 0.3 is 5.63 Å². The van der Waals surface area contributed by atoms with Crippen LogP contribution in [-0.4, -0.2) is 16.8 Å². The lowest BCUT2D eigenvalue weighted by Gasteiger charge is -2.09. The van der Waals surface area contributed by atoms with Crippen molar-refractivity contribution in [3.63, 3.8) is 0 Å². The molecule has 0 aliphatic heterocycles. The minimum absolute atomic E-state index is 0.164. The Morgan fingerprint density at radius 1 is 1.17 bits per heavy atom. The highest BCUT2D eigenvalue weighted by molar-refractivity contribution is 5.90. The summed E-state index contributed by atoms with van der Waals surface area (Å²) in [6.07, 6.45) is 6.09. The van der Waals surface area contributed by atoms with Crippen molar-refractivity contribution in [2.45, 2.75) is 33.6 Å². The van der Waals surface area contributed by atoms with Gasteiger partial charge in [-0.3, -0.25) is 0 Å². The molecule has 2 N–H and O–H groups in total. The van der Waals surface area contributed by atoms with Gasteiger partial charge in [-0.25, -0.2) is 4.79 Å². The Morgan fingerprint density at radius 2 is 1.92 bits per heavy atom. The topological polar surface area (TPSA) is 79.9 Å². The number of fused-ring (bicyclic) bond motifs is 1. The van der Waals surface area contributed by atoms with Gasteiger partial charge in [0.25, 0.3) is 0 Å². The largest absolute Gasteiger partial charge is 0.503 e. The third-order valence-electron chi connectivity index (χ3n) is 3.61. The Labute approximate surface area is 140 Å². The maximum atomic E-state index is 11.4. The van der Waals surface area contributed by atoms with Crippen LogP contribution in [-0.2, 0) is 0 Å². The Bertz CT molecular complexity index is 839. The Hall–Kier alpha value is -2.69. The first-order chi connectivity index (χ1) is 11.4. The summed E-state index contributed by atoms with van der Waals surface area (Å²) >= 11 is 0. The van der Waals surface area contributed by atoms with Crippen molar-refractivity contribution in [2.24, 2.45) is 0 Å². The van der Waals surface area contributed by atoms with Gasteiger partial charge < -0.3 is 19.4 Å². The van der Waals surface area contributed by atoms with E-state index in [1.807, 2.05) is 13.0 Å². The normalized spacial score (nSPS) is 11.5. The Balaban J connectivity index is 2.15. The summed E-state index contributed by atoms with van der Waals surface area (Å²) in [7, 11) is 0. The molecule has 128 valence electrons. The highest BCUT2D eigenvalue weighted by Gasteiger charge is 2.16. The van der Waals surface area contributed by atoms with Crippen LogP contribution in [0.15, 0.2) is 50.7 Å². The first kappa shape index (κ1) is 17.7. The van der Waals surface area contributed by atoms with Crippen LogP contribution in [0, 0.1) is 0 Å². The van der Waals surface area contributed by atoms with E-state index in [2.05, 4.69) is 19.9 Å². The summed E-state index contributed by atoms with van der Waals surface area (Å²) in [5.41, 5.74) is 1.68. The van der Waals surface area contributed by atoms with Gasteiger partial charge in [-0.2, -0.15) is 0 Å². The van der Waals surface area contributed by atoms with Gasteiger partial charge in [0.05, 0.1) is 0 Å². The lowest BCUT2D eigenvalue weighted by molar-refractivity contribution is 0.356. The fourth-order valence-corrected chi connectivity index (χ4v) is 2.28. The van der Waals surface area contributed by atoms with Crippen molar-refractivity contribution >= 4 is 11.0 Å². The van der Waals surface area contributed by atoms with Crippen LogP contribution in [0.2, 0.25) is 0 Å². The zero-order chi connectivity index (χ0) is 17.7. The van der Waals surface area contributed by atoms with Gasteiger partial charge in [0.2, 0.25) is 5.75 Å². The smallest absolute Gasteiger partial charge is 0.382 e. The van der Waals surface area contributed by atoms with Crippen LogP contribution in [0.1, 0.15) is 33.6 Å². The molecule has 0 spiro atoms. The SMILES string of the molecule is CC(C)=CCCC(C)=CCOc1cccc2oc(=O)c(O)c(O)c12. The number of hydrogen-bond acceptors (Lipinski definition) is 5. The molecule has 0 radical (unpaired) electrons. The molecule has 2 aromatic rings. The van der Waals surface area contributed by atoms with Crippen molar-refractivity contribution in [1.82, 2.24) is 0 Å². The predicted molar refractivity (Wildman–Crippen MR) is 93.7 cm³/mol. The molecular weight excluding hydrogens is 308 g/mol. The number of allylic oxidation sites excluding steroid dienone is 3. The van der Waals surface area contributed by atoms with E-state index < -0.39 is 17.1 Å². The first-order valence-corrected chi connectivity index (χ1v) is 7.79. The summed E-state index contributed by atoms with van der Waals surface area (Å²) in [6, 6.07) is 4.83. The summed E-state index contributed by atoms with van der Waals surface area (Å²) < 4.78 is 10.6. The molecule has 0 saturated heterocycles. The van der Waals surface area contributed by atoms with E-state index in [9.17, 15) is 15.0 Å². The van der Waals surface area contributed by atoms with Crippen LogP contribution in [0.4, 0.5) is 0 Å². The zero-order valence-electron chi connectivity index (χ0n) is 14.1. The molecule has 1 aromatic carbocycles. The highest BCUT2D eigenvalue weighted by atomic mass is 16.5. The average molecular weight is 330 g/mol. The molecule has 0 atom stereocenters. The standard InChI is InChI=1S/C19H22O5/c1-12(2)6-4-7-13(3)10-11-23-14-8-5-9-15-16(14)17(20)18(21)19(22)24-15/h5-6,8-10,20-21H,4,7,11H2,1-3H3. The Kier molecular flexibility index (Phi) is 5.68. The van der Waals surface area contributed by atoms with Gasteiger partial charge in [0.15, 0.2) is 5.75 Å². The monoisotopic (exact) mass is 330 g/mol. The van der Waals surface area contributed by atoms with E-state index in [-0.39, 0.29) is 11.0 Å². The Morgan fingerprint density at radius 3 is 2.62 bits per heavy atom. The number of aromatic hydroxyl groups is 2. The maximum absolute atomic E-state index is 11.4. The van der Waals surface area contributed by atoms with Crippen LogP contribution in [0.3, 0.4) is 0 Å². The lowest BCUT2D eigenvalue weighted by atomic mass is 10.1. The van der Waals surface area contributed by atoms with Crippen molar-refractivity contribution in [1.29, 1.82) is 0 Å². The number of ether oxygens (including phenoxy) is 1.